The molecule has 1 aromatic carbocycles. The van der Waals surface area contributed by atoms with Crippen molar-refractivity contribution in [3.8, 4) is 11.8 Å². The lowest BCUT2D eigenvalue weighted by atomic mass is 10.1. The summed E-state index contributed by atoms with van der Waals surface area (Å²) in [6.07, 6.45) is 4.12. The molecule has 1 amide bonds. The van der Waals surface area contributed by atoms with E-state index in [1.54, 1.807) is 0 Å². The number of carbonyl (C=O) groups excluding carboxylic acids is 1. The largest absolute Gasteiger partial charge is 0.312 e. The van der Waals surface area contributed by atoms with Crippen LogP contribution in [0.3, 0.4) is 0 Å². The molecule has 1 aliphatic carbocycles. The van der Waals surface area contributed by atoms with Gasteiger partial charge in [0.2, 0.25) is 15.9 Å². The predicted molar refractivity (Wildman–Crippen MR) is 89.5 cm³/mol. The van der Waals surface area contributed by atoms with Crippen molar-refractivity contribution >= 4 is 21.6 Å². The lowest BCUT2D eigenvalue weighted by molar-refractivity contribution is -0.119. The minimum Gasteiger partial charge on any atom is -0.312 e. The van der Waals surface area contributed by atoms with Crippen LogP contribution in [0.2, 0.25) is 0 Å². The van der Waals surface area contributed by atoms with Crippen molar-refractivity contribution in [2.24, 2.45) is 0 Å². The van der Waals surface area contributed by atoms with Gasteiger partial charge in [0.1, 0.15) is 0 Å². The van der Waals surface area contributed by atoms with Gasteiger partial charge < -0.3 is 4.90 Å². The summed E-state index contributed by atoms with van der Waals surface area (Å²) < 4.78 is 25.8. The fourth-order valence-corrected chi connectivity index (χ4v) is 3.85. The number of nitrogens with zero attached hydrogens (tertiary/aromatic N) is 1. The molecule has 23 heavy (non-hydrogen) atoms. The van der Waals surface area contributed by atoms with E-state index in [-0.39, 0.29) is 17.7 Å². The molecule has 0 radical (unpaired) electrons. The molecule has 2 fully saturated rings. The van der Waals surface area contributed by atoms with E-state index in [2.05, 4.69) is 16.6 Å². The number of hydrogen-bond donors (Lipinski definition) is 1. The van der Waals surface area contributed by atoms with Crippen molar-refractivity contribution in [1.82, 2.24) is 4.72 Å². The number of nitrogens with one attached hydrogen (secondary N) is 1. The molecule has 1 N–H and O–H groups in total. The molecular weight excluding hydrogens is 312 g/mol. The second-order valence-corrected chi connectivity index (χ2v) is 7.96. The minimum atomic E-state index is -3.17. The molecule has 1 aliphatic heterocycles. The zero-order chi connectivity index (χ0) is 16.3. The first-order chi connectivity index (χ1) is 11.1. The van der Waals surface area contributed by atoms with Gasteiger partial charge in [-0.05, 0) is 49.9 Å². The molecule has 1 saturated heterocycles. The molecule has 0 spiro atoms. The summed E-state index contributed by atoms with van der Waals surface area (Å²) in [6, 6.07) is 7.50. The molecule has 5 nitrogen and oxygen atoms in total. The zero-order valence-electron chi connectivity index (χ0n) is 12.9. The smallest absolute Gasteiger partial charge is 0.226 e. The second-order valence-electron chi connectivity index (χ2n) is 5.92. The van der Waals surface area contributed by atoms with Crippen molar-refractivity contribution in [3.63, 3.8) is 0 Å². The summed E-state index contributed by atoms with van der Waals surface area (Å²) >= 11 is 0. The molecule has 6 heteroatoms. The summed E-state index contributed by atoms with van der Waals surface area (Å²) in [4.78, 5) is 13.7. The Morgan fingerprint density at radius 1 is 1.17 bits per heavy atom. The molecule has 0 aromatic heterocycles. The molecule has 0 unspecified atom stereocenters. The third-order valence-electron chi connectivity index (χ3n) is 4.06. The van der Waals surface area contributed by atoms with Crippen LogP contribution in [-0.2, 0) is 14.8 Å². The van der Waals surface area contributed by atoms with Crippen molar-refractivity contribution in [1.29, 1.82) is 0 Å². The summed E-state index contributed by atoms with van der Waals surface area (Å²) in [6.45, 7) is 0.901. The number of rotatable bonds is 4. The van der Waals surface area contributed by atoms with Crippen LogP contribution in [0.4, 0.5) is 5.69 Å². The molecule has 0 bridgehead atoms. The van der Waals surface area contributed by atoms with E-state index in [4.69, 9.17) is 0 Å². The molecule has 2 aliphatic rings. The van der Waals surface area contributed by atoms with Crippen LogP contribution in [0.25, 0.3) is 0 Å². The van der Waals surface area contributed by atoms with Gasteiger partial charge in [0.25, 0.3) is 0 Å². The molecule has 3 rings (SSSR count). The van der Waals surface area contributed by atoms with Crippen LogP contribution in [0.5, 0.6) is 0 Å². The zero-order valence-corrected chi connectivity index (χ0v) is 13.7. The lowest BCUT2D eigenvalue weighted by Gasteiger charge is -2.26. The first-order valence-corrected chi connectivity index (χ1v) is 9.49. The second kappa shape index (κ2) is 6.73. The summed E-state index contributed by atoms with van der Waals surface area (Å²) in [7, 11) is -3.17. The lowest BCUT2D eigenvalue weighted by Crippen LogP contribution is -2.35. The normalized spacial score (nSPS) is 18.4. The van der Waals surface area contributed by atoms with Crippen LogP contribution in [0, 0.1) is 11.8 Å². The monoisotopic (exact) mass is 332 g/mol. The van der Waals surface area contributed by atoms with Gasteiger partial charge in [-0.3, -0.25) is 4.79 Å². The number of piperidine rings is 1. The fourth-order valence-electron chi connectivity index (χ4n) is 2.58. The van der Waals surface area contributed by atoms with Crippen LogP contribution in [0.15, 0.2) is 24.3 Å². The van der Waals surface area contributed by atoms with E-state index in [0.29, 0.717) is 6.42 Å². The number of amides is 1. The average molecular weight is 332 g/mol. The highest BCUT2D eigenvalue weighted by atomic mass is 32.2. The Hall–Kier alpha value is -1.84. The van der Waals surface area contributed by atoms with Crippen molar-refractivity contribution < 1.29 is 13.2 Å². The SMILES string of the molecule is O=C1CCCCN1c1ccc(C#CCNS(=O)(=O)C2CC2)cc1. The maximum Gasteiger partial charge on any atom is 0.226 e. The van der Waals surface area contributed by atoms with E-state index in [1.165, 1.54) is 0 Å². The molecular formula is C17H20N2O3S. The maximum absolute atomic E-state index is 11.9. The van der Waals surface area contributed by atoms with Gasteiger partial charge in [-0.2, -0.15) is 0 Å². The molecule has 122 valence electrons. The fraction of sp³-hybridized carbons (Fsp3) is 0.471. The third kappa shape index (κ3) is 4.12. The average Bonchev–Trinajstić information content (AvgIpc) is 3.38. The number of sulfonamides is 1. The van der Waals surface area contributed by atoms with Crippen LogP contribution in [-0.4, -0.2) is 32.7 Å². The first kappa shape index (κ1) is 16.0. The van der Waals surface area contributed by atoms with E-state index in [1.807, 2.05) is 29.2 Å². The molecule has 1 aromatic rings. The summed E-state index contributed by atoms with van der Waals surface area (Å²) in [5.41, 5.74) is 1.71. The Morgan fingerprint density at radius 2 is 1.91 bits per heavy atom. The van der Waals surface area contributed by atoms with Crippen molar-refractivity contribution in [3.05, 3.63) is 29.8 Å². The standard InChI is InChI=1S/C17H20N2O3S/c20-17-5-1-2-13-19(17)15-8-6-14(7-9-15)4-3-12-18-23(21,22)16-10-11-16/h6-9,16,18H,1-2,5,10-13H2. The number of hydrogen-bond acceptors (Lipinski definition) is 3. The first-order valence-electron chi connectivity index (χ1n) is 7.94. The van der Waals surface area contributed by atoms with E-state index in [9.17, 15) is 13.2 Å². The van der Waals surface area contributed by atoms with Gasteiger partial charge in [0.15, 0.2) is 0 Å². The van der Waals surface area contributed by atoms with Gasteiger partial charge in [0, 0.05) is 24.2 Å². The molecule has 1 saturated carbocycles. The van der Waals surface area contributed by atoms with Gasteiger partial charge >= 0.3 is 0 Å². The number of carbonyl (C=O) groups is 1. The number of anilines is 1. The summed E-state index contributed by atoms with van der Waals surface area (Å²) in [5.74, 6) is 5.94. The van der Waals surface area contributed by atoms with Crippen molar-refractivity contribution in [2.75, 3.05) is 18.0 Å². The number of benzene rings is 1. The van der Waals surface area contributed by atoms with Gasteiger partial charge in [0.05, 0.1) is 11.8 Å². The van der Waals surface area contributed by atoms with E-state index in [0.717, 1.165) is 43.5 Å². The predicted octanol–water partition coefficient (Wildman–Crippen LogP) is 1.64. The molecule has 0 atom stereocenters. The molecule has 1 heterocycles. The Balaban J connectivity index is 1.57. The highest BCUT2D eigenvalue weighted by Crippen LogP contribution is 2.27. The van der Waals surface area contributed by atoms with Crippen LogP contribution >= 0.6 is 0 Å². The maximum atomic E-state index is 11.9. The quantitative estimate of drug-likeness (QED) is 0.853. The Morgan fingerprint density at radius 3 is 2.57 bits per heavy atom. The van der Waals surface area contributed by atoms with Crippen molar-refractivity contribution in [2.45, 2.75) is 37.4 Å². The van der Waals surface area contributed by atoms with E-state index >= 15 is 0 Å². The van der Waals surface area contributed by atoms with E-state index < -0.39 is 10.0 Å². The van der Waals surface area contributed by atoms with Gasteiger partial charge in [-0.1, -0.05) is 11.8 Å². The Kier molecular flexibility index (Phi) is 4.69. The van der Waals surface area contributed by atoms with Gasteiger partial charge in [-0.15, -0.1) is 0 Å². The van der Waals surface area contributed by atoms with Gasteiger partial charge in [-0.25, -0.2) is 13.1 Å². The highest BCUT2D eigenvalue weighted by molar-refractivity contribution is 7.90. The Labute approximate surface area is 137 Å². The van der Waals surface area contributed by atoms with Crippen LogP contribution in [0.1, 0.15) is 37.7 Å². The van der Waals surface area contributed by atoms with Crippen LogP contribution < -0.4 is 9.62 Å². The topological polar surface area (TPSA) is 66.5 Å². The Bertz CT molecular complexity index is 740. The highest BCUT2D eigenvalue weighted by Gasteiger charge is 2.34. The third-order valence-corrected chi connectivity index (χ3v) is 5.96. The minimum absolute atomic E-state index is 0.130. The summed E-state index contributed by atoms with van der Waals surface area (Å²) in [5, 5.41) is -0.217.